The minimum Gasteiger partial charge on any atom is -0.330 e. The summed E-state index contributed by atoms with van der Waals surface area (Å²) in [6.07, 6.45) is 0. The van der Waals surface area contributed by atoms with Gasteiger partial charge in [0.25, 0.3) is 0 Å². The molecule has 146 valence electrons. The van der Waals surface area contributed by atoms with E-state index in [-0.39, 0.29) is 16.7 Å². The lowest BCUT2D eigenvalue weighted by molar-refractivity contribution is 0.459. The highest BCUT2D eigenvalue weighted by molar-refractivity contribution is 7.89. The highest BCUT2D eigenvalue weighted by Gasteiger charge is 2.39. The van der Waals surface area contributed by atoms with E-state index < -0.39 is 10.0 Å². The predicted octanol–water partition coefficient (Wildman–Crippen LogP) is 1.24. The Kier molecular flexibility index (Phi) is 4.96. The van der Waals surface area contributed by atoms with E-state index in [4.69, 9.17) is 5.73 Å². The van der Waals surface area contributed by atoms with Crippen LogP contribution in [0.4, 0.5) is 0 Å². The molecule has 2 atom stereocenters. The zero-order valence-electron chi connectivity index (χ0n) is 15.5. The van der Waals surface area contributed by atoms with Gasteiger partial charge < -0.3 is 5.73 Å². The normalized spacial score (nSPS) is 20.5. The van der Waals surface area contributed by atoms with Gasteiger partial charge in [0.2, 0.25) is 10.0 Å². The van der Waals surface area contributed by atoms with Crippen LogP contribution < -0.4 is 5.73 Å². The van der Waals surface area contributed by atoms with Gasteiger partial charge in [0, 0.05) is 31.6 Å². The largest absolute Gasteiger partial charge is 0.330 e. The molecule has 1 fully saturated rings. The molecule has 28 heavy (non-hydrogen) atoms. The summed E-state index contributed by atoms with van der Waals surface area (Å²) in [6, 6.07) is 16.7. The van der Waals surface area contributed by atoms with Crippen LogP contribution in [-0.4, -0.2) is 52.6 Å². The number of nitrogens with two attached hydrogens (primary N) is 1. The van der Waals surface area contributed by atoms with Gasteiger partial charge in [-0.2, -0.15) is 4.31 Å². The molecular weight excluding hydrogens is 376 g/mol. The summed E-state index contributed by atoms with van der Waals surface area (Å²) in [6.45, 7) is 1.27. The molecule has 2 heterocycles. The summed E-state index contributed by atoms with van der Waals surface area (Å²) in [5.41, 5.74) is 7.74. The van der Waals surface area contributed by atoms with Gasteiger partial charge in [-0.15, -0.1) is 5.10 Å². The van der Waals surface area contributed by atoms with Crippen LogP contribution in [0.1, 0.15) is 11.5 Å². The third-order valence-corrected chi connectivity index (χ3v) is 7.12. The molecule has 1 aliphatic rings. The van der Waals surface area contributed by atoms with E-state index in [1.165, 1.54) is 8.99 Å². The lowest BCUT2D eigenvalue weighted by atomic mass is 9.89. The quantitative estimate of drug-likeness (QED) is 0.693. The standard InChI is InChI=1S/C19H22N6O2S/c1-24-19(21-22-23-24)15-8-5-9-17(10-15)28(26,27)25-12-16(11-20)18(13-25)14-6-3-2-4-7-14/h2-10,16,18H,11-13,20H2,1H3/t16-,18+/m1/s1. The van der Waals surface area contributed by atoms with E-state index in [9.17, 15) is 8.42 Å². The van der Waals surface area contributed by atoms with Crippen molar-refractivity contribution in [1.29, 1.82) is 0 Å². The average molecular weight is 398 g/mol. The van der Waals surface area contributed by atoms with Crippen molar-refractivity contribution in [2.24, 2.45) is 18.7 Å². The van der Waals surface area contributed by atoms with Crippen molar-refractivity contribution < 1.29 is 8.42 Å². The molecule has 1 saturated heterocycles. The topological polar surface area (TPSA) is 107 Å². The highest BCUT2D eigenvalue weighted by atomic mass is 32.2. The molecule has 0 bridgehead atoms. The number of aromatic nitrogens is 4. The Balaban J connectivity index is 1.65. The van der Waals surface area contributed by atoms with E-state index in [0.29, 0.717) is 31.0 Å². The lowest BCUT2D eigenvalue weighted by Crippen LogP contribution is -2.30. The molecular formula is C19H22N6O2S. The summed E-state index contributed by atoms with van der Waals surface area (Å²) >= 11 is 0. The third-order valence-electron chi connectivity index (χ3n) is 5.29. The van der Waals surface area contributed by atoms with E-state index in [2.05, 4.69) is 15.5 Å². The summed E-state index contributed by atoms with van der Waals surface area (Å²) in [5, 5.41) is 11.4. The second-order valence-electron chi connectivity index (χ2n) is 6.99. The van der Waals surface area contributed by atoms with Gasteiger partial charge >= 0.3 is 0 Å². The molecule has 2 aromatic carbocycles. The molecule has 1 aliphatic heterocycles. The van der Waals surface area contributed by atoms with Crippen LogP contribution in [0.25, 0.3) is 11.4 Å². The number of benzene rings is 2. The van der Waals surface area contributed by atoms with Crippen molar-refractivity contribution in [2.75, 3.05) is 19.6 Å². The van der Waals surface area contributed by atoms with Crippen LogP contribution in [0.3, 0.4) is 0 Å². The fourth-order valence-corrected chi connectivity index (χ4v) is 5.33. The molecule has 0 amide bonds. The van der Waals surface area contributed by atoms with E-state index in [1.807, 2.05) is 30.3 Å². The van der Waals surface area contributed by atoms with Gasteiger partial charge in [-0.05, 0) is 40.6 Å². The molecule has 4 rings (SSSR count). The van der Waals surface area contributed by atoms with Gasteiger partial charge in [-0.3, -0.25) is 0 Å². The number of hydrogen-bond donors (Lipinski definition) is 1. The maximum absolute atomic E-state index is 13.3. The van der Waals surface area contributed by atoms with Crippen LogP contribution in [0.2, 0.25) is 0 Å². The summed E-state index contributed by atoms with van der Waals surface area (Å²) in [5.74, 6) is 0.691. The first kappa shape index (κ1) is 18.7. The average Bonchev–Trinajstić information content (AvgIpc) is 3.35. The molecule has 0 radical (unpaired) electrons. The van der Waals surface area contributed by atoms with Crippen molar-refractivity contribution in [3.8, 4) is 11.4 Å². The number of aryl methyl sites for hydroxylation is 1. The Morgan fingerprint density at radius 3 is 2.57 bits per heavy atom. The number of nitrogens with zero attached hydrogens (tertiary/aromatic N) is 5. The lowest BCUT2D eigenvalue weighted by Gasteiger charge is -2.17. The second-order valence-corrected chi connectivity index (χ2v) is 8.93. The van der Waals surface area contributed by atoms with Crippen molar-refractivity contribution >= 4 is 10.0 Å². The number of sulfonamides is 1. The molecule has 0 aliphatic carbocycles. The van der Waals surface area contributed by atoms with Gasteiger partial charge in [0.05, 0.1) is 4.90 Å². The molecule has 0 spiro atoms. The zero-order chi connectivity index (χ0) is 19.7. The summed E-state index contributed by atoms with van der Waals surface area (Å²) in [7, 11) is -1.93. The molecule has 9 heteroatoms. The molecule has 2 N–H and O–H groups in total. The second kappa shape index (κ2) is 7.42. The Bertz CT molecular complexity index is 1070. The molecule has 3 aromatic rings. The number of tetrazole rings is 1. The highest BCUT2D eigenvalue weighted by Crippen LogP contribution is 2.35. The first-order valence-corrected chi connectivity index (χ1v) is 10.5. The Hall–Kier alpha value is -2.62. The first-order chi connectivity index (χ1) is 13.5. The van der Waals surface area contributed by atoms with Crippen LogP contribution in [0.15, 0.2) is 59.5 Å². The SMILES string of the molecule is Cn1nnnc1-c1cccc(S(=O)(=O)N2C[C@@H](CN)[C@H](c3ccccc3)C2)c1. The minimum atomic E-state index is -3.65. The monoisotopic (exact) mass is 398 g/mol. The van der Waals surface area contributed by atoms with Crippen LogP contribution in [-0.2, 0) is 17.1 Å². The third kappa shape index (κ3) is 3.32. The fourth-order valence-electron chi connectivity index (χ4n) is 3.76. The first-order valence-electron chi connectivity index (χ1n) is 9.08. The summed E-state index contributed by atoms with van der Waals surface area (Å²) in [4.78, 5) is 0.234. The van der Waals surface area contributed by atoms with Crippen molar-refractivity contribution in [3.63, 3.8) is 0 Å². The Morgan fingerprint density at radius 2 is 1.89 bits per heavy atom. The van der Waals surface area contributed by atoms with Gasteiger partial charge in [-0.1, -0.05) is 42.5 Å². The molecule has 0 saturated carbocycles. The zero-order valence-corrected chi connectivity index (χ0v) is 16.3. The van der Waals surface area contributed by atoms with Gasteiger partial charge in [-0.25, -0.2) is 13.1 Å². The van der Waals surface area contributed by atoms with Crippen molar-refractivity contribution in [2.45, 2.75) is 10.8 Å². The Labute approximate surface area is 164 Å². The van der Waals surface area contributed by atoms with Gasteiger partial charge in [0.1, 0.15) is 0 Å². The predicted molar refractivity (Wildman–Crippen MR) is 105 cm³/mol. The van der Waals surface area contributed by atoms with Crippen LogP contribution in [0, 0.1) is 5.92 Å². The van der Waals surface area contributed by atoms with E-state index in [0.717, 1.165) is 5.56 Å². The maximum atomic E-state index is 13.3. The number of rotatable bonds is 5. The maximum Gasteiger partial charge on any atom is 0.243 e. The minimum absolute atomic E-state index is 0.0864. The van der Waals surface area contributed by atoms with Gasteiger partial charge in [0.15, 0.2) is 5.82 Å². The van der Waals surface area contributed by atoms with Crippen molar-refractivity contribution in [3.05, 3.63) is 60.2 Å². The smallest absolute Gasteiger partial charge is 0.243 e. The van der Waals surface area contributed by atoms with Crippen LogP contribution >= 0.6 is 0 Å². The van der Waals surface area contributed by atoms with E-state index >= 15 is 0 Å². The fraction of sp³-hybridized carbons (Fsp3) is 0.316. The summed E-state index contributed by atoms with van der Waals surface area (Å²) < 4.78 is 29.7. The van der Waals surface area contributed by atoms with Crippen molar-refractivity contribution in [1.82, 2.24) is 24.5 Å². The van der Waals surface area contributed by atoms with Crippen LogP contribution in [0.5, 0.6) is 0 Å². The Morgan fingerprint density at radius 1 is 1.11 bits per heavy atom. The number of hydrogen-bond acceptors (Lipinski definition) is 6. The molecule has 0 unspecified atom stereocenters. The molecule has 8 nitrogen and oxygen atoms in total. The van der Waals surface area contributed by atoms with E-state index in [1.54, 1.807) is 31.3 Å². The molecule has 1 aromatic heterocycles.